The van der Waals surface area contributed by atoms with Gasteiger partial charge in [-0.05, 0) is 44.4 Å². The molecule has 21 heavy (non-hydrogen) atoms. The van der Waals surface area contributed by atoms with E-state index in [1.54, 1.807) is 6.92 Å². The van der Waals surface area contributed by atoms with E-state index in [0.29, 0.717) is 0 Å². The topological polar surface area (TPSA) is 64.3 Å². The van der Waals surface area contributed by atoms with Gasteiger partial charge in [0.15, 0.2) is 0 Å². The average Bonchev–Trinajstić information content (AvgIpc) is 2.37. The number of benzene rings is 1. The molecular formula is C17H26N2O2. The summed E-state index contributed by atoms with van der Waals surface area (Å²) in [5.41, 5.74) is 9.10. The average molecular weight is 290 g/mol. The minimum absolute atomic E-state index is 0.0157. The first-order chi connectivity index (χ1) is 9.73. The molecule has 0 aliphatic carbocycles. The van der Waals surface area contributed by atoms with Crippen molar-refractivity contribution >= 4 is 5.91 Å². The van der Waals surface area contributed by atoms with Crippen LogP contribution in [0.1, 0.15) is 69.3 Å². The number of hydrogen-bond acceptors (Lipinski definition) is 3. The van der Waals surface area contributed by atoms with Gasteiger partial charge in [-0.25, -0.2) is 0 Å². The van der Waals surface area contributed by atoms with E-state index in [4.69, 9.17) is 10.5 Å². The molecule has 2 atom stereocenters. The highest BCUT2D eigenvalue weighted by Gasteiger charge is 2.35. The standard InChI is InChI=1S/C17H26N2O2/c1-6-14(18)12-7-10(2)16-13(8-12)15(19-11(3)20)9-17(4,5)21-16/h7-8,14-15H,6,9,18H2,1-5H3,(H,19,20). The largest absolute Gasteiger partial charge is 0.487 e. The Morgan fingerprint density at radius 1 is 1.52 bits per heavy atom. The van der Waals surface area contributed by atoms with Gasteiger partial charge in [-0.15, -0.1) is 0 Å². The van der Waals surface area contributed by atoms with E-state index in [2.05, 4.69) is 38.2 Å². The van der Waals surface area contributed by atoms with Crippen molar-refractivity contribution in [3.63, 3.8) is 0 Å². The summed E-state index contributed by atoms with van der Waals surface area (Å²) in [5.74, 6) is 0.864. The number of carbonyl (C=O) groups is 1. The van der Waals surface area contributed by atoms with Crippen molar-refractivity contribution in [2.75, 3.05) is 0 Å². The van der Waals surface area contributed by atoms with Crippen molar-refractivity contribution in [3.8, 4) is 5.75 Å². The molecule has 0 radical (unpaired) electrons. The van der Waals surface area contributed by atoms with E-state index in [-0.39, 0.29) is 23.6 Å². The first kappa shape index (κ1) is 15.8. The summed E-state index contributed by atoms with van der Waals surface area (Å²) < 4.78 is 6.14. The third-order valence-electron chi connectivity index (χ3n) is 4.02. The number of ether oxygens (including phenoxy) is 1. The maximum absolute atomic E-state index is 11.5. The van der Waals surface area contributed by atoms with Gasteiger partial charge in [0.25, 0.3) is 0 Å². The summed E-state index contributed by atoms with van der Waals surface area (Å²) in [4.78, 5) is 11.5. The maximum atomic E-state index is 11.5. The van der Waals surface area contributed by atoms with E-state index in [0.717, 1.165) is 35.3 Å². The fourth-order valence-corrected chi connectivity index (χ4v) is 2.97. The molecule has 0 fully saturated rings. The monoisotopic (exact) mass is 290 g/mol. The zero-order valence-corrected chi connectivity index (χ0v) is 13.6. The van der Waals surface area contributed by atoms with E-state index in [1.165, 1.54) is 0 Å². The predicted molar refractivity (Wildman–Crippen MR) is 84.3 cm³/mol. The Balaban J connectivity index is 2.51. The predicted octanol–water partition coefficient (Wildman–Crippen LogP) is 3.14. The quantitative estimate of drug-likeness (QED) is 0.899. The Kier molecular flexibility index (Phi) is 4.28. The van der Waals surface area contributed by atoms with Crippen LogP contribution < -0.4 is 15.8 Å². The van der Waals surface area contributed by atoms with Crippen LogP contribution in [-0.2, 0) is 4.79 Å². The molecule has 1 aromatic carbocycles. The van der Waals surface area contributed by atoms with Crippen molar-refractivity contribution in [3.05, 3.63) is 28.8 Å². The van der Waals surface area contributed by atoms with Crippen molar-refractivity contribution in [2.45, 2.75) is 65.1 Å². The molecule has 1 aliphatic heterocycles. The Hall–Kier alpha value is -1.55. The van der Waals surface area contributed by atoms with Gasteiger partial charge in [-0.3, -0.25) is 4.79 Å². The van der Waals surface area contributed by atoms with Gasteiger partial charge < -0.3 is 15.8 Å². The van der Waals surface area contributed by atoms with Gasteiger partial charge in [0, 0.05) is 24.9 Å². The summed E-state index contributed by atoms with van der Waals surface area (Å²) in [6.45, 7) is 9.77. The van der Waals surface area contributed by atoms with Crippen LogP contribution in [0.25, 0.3) is 0 Å². The number of fused-ring (bicyclic) bond motifs is 1. The summed E-state index contributed by atoms with van der Waals surface area (Å²) in [6, 6.07) is 4.18. The van der Waals surface area contributed by atoms with Crippen LogP contribution in [0.4, 0.5) is 0 Å². The fraction of sp³-hybridized carbons (Fsp3) is 0.588. The van der Waals surface area contributed by atoms with E-state index in [9.17, 15) is 4.79 Å². The molecule has 1 amide bonds. The molecule has 1 aromatic rings. The smallest absolute Gasteiger partial charge is 0.217 e. The Morgan fingerprint density at radius 3 is 2.76 bits per heavy atom. The van der Waals surface area contributed by atoms with Crippen LogP contribution in [0.3, 0.4) is 0 Å². The zero-order chi connectivity index (χ0) is 15.8. The van der Waals surface area contributed by atoms with Crippen molar-refractivity contribution in [1.82, 2.24) is 5.32 Å². The number of carbonyl (C=O) groups excluding carboxylic acids is 1. The zero-order valence-electron chi connectivity index (χ0n) is 13.6. The number of amides is 1. The lowest BCUT2D eigenvalue weighted by Crippen LogP contribution is -2.41. The van der Waals surface area contributed by atoms with Crippen molar-refractivity contribution < 1.29 is 9.53 Å². The van der Waals surface area contributed by atoms with Gasteiger partial charge in [0.05, 0.1) is 6.04 Å². The van der Waals surface area contributed by atoms with Crippen LogP contribution >= 0.6 is 0 Å². The first-order valence-corrected chi connectivity index (χ1v) is 7.59. The SMILES string of the molecule is CCC(N)c1cc(C)c2c(c1)C(NC(C)=O)CC(C)(C)O2. The third kappa shape index (κ3) is 3.38. The Labute approximate surface area is 127 Å². The lowest BCUT2D eigenvalue weighted by Gasteiger charge is -2.39. The van der Waals surface area contributed by atoms with E-state index in [1.807, 2.05) is 6.92 Å². The van der Waals surface area contributed by atoms with Crippen molar-refractivity contribution in [1.29, 1.82) is 0 Å². The molecule has 4 heteroatoms. The highest BCUT2D eigenvalue weighted by atomic mass is 16.5. The minimum atomic E-state index is -0.292. The minimum Gasteiger partial charge on any atom is -0.487 e. The van der Waals surface area contributed by atoms with Gasteiger partial charge in [-0.1, -0.05) is 13.0 Å². The summed E-state index contributed by atoms with van der Waals surface area (Å²) in [5, 5.41) is 3.05. The molecule has 3 N–H and O–H groups in total. The molecule has 0 bridgehead atoms. The van der Waals surface area contributed by atoms with Gasteiger partial charge in [-0.2, -0.15) is 0 Å². The molecular weight excluding hydrogens is 264 g/mol. The third-order valence-corrected chi connectivity index (χ3v) is 4.02. The summed E-state index contributed by atoms with van der Waals surface area (Å²) >= 11 is 0. The molecule has 116 valence electrons. The number of nitrogens with two attached hydrogens (primary N) is 1. The molecule has 0 spiro atoms. The fourth-order valence-electron chi connectivity index (χ4n) is 2.97. The van der Waals surface area contributed by atoms with Crippen LogP contribution in [-0.4, -0.2) is 11.5 Å². The van der Waals surface area contributed by atoms with Crippen LogP contribution in [0.2, 0.25) is 0 Å². The van der Waals surface area contributed by atoms with Crippen LogP contribution in [0.5, 0.6) is 5.75 Å². The lowest BCUT2D eigenvalue weighted by atomic mass is 9.86. The summed E-state index contributed by atoms with van der Waals surface area (Å²) in [7, 11) is 0. The van der Waals surface area contributed by atoms with Crippen molar-refractivity contribution in [2.24, 2.45) is 5.73 Å². The second kappa shape index (κ2) is 5.68. The van der Waals surface area contributed by atoms with Gasteiger partial charge >= 0.3 is 0 Å². The van der Waals surface area contributed by atoms with E-state index >= 15 is 0 Å². The lowest BCUT2D eigenvalue weighted by molar-refractivity contribution is -0.120. The molecule has 0 saturated carbocycles. The van der Waals surface area contributed by atoms with Gasteiger partial charge in [0.2, 0.25) is 5.91 Å². The normalized spacial score (nSPS) is 21.1. The number of aryl methyl sites for hydroxylation is 1. The number of nitrogens with one attached hydrogen (secondary N) is 1. The Bertz CT molecular complexity index is 552. The first-order valence-electron chi connectivity index (χ1n) is 7.59. The summed E-state index contributed by atoms with van der Waals surface area (Å²) in [6.07, 6.45) is 1.64. The molecule has 2 rings (SSSR count). The highest BCUT2D eigenvalue weighted by molar-refractivity contribution is 5.73. The van der Waals surface area contributed by atoms with Crippen LogP contribution in [0.15, 0.2) is 12.1 Å². The number of rotatable bonds is 3. The molecule has 0 saturated heterocycles. The van der Waals surface area contributed by atoms with E-state index < -0.39 is 0 Å². The maximum Gasteiger partial charge on any atom is 0.217 e. The molecule has 0 aromatic heterocycles. The van der Waals surface area contributed by atoms with Gasteiger partial charge in [0.1, 0.15) is 11.4 Å². The molecule has 4 nitrogen and oxygen atoms in total. The molecule has 2 unspecified atom stereocenters. The molecule has 1 heterocycles. The molecule has 1 aliphatic rings. The Morgan fingerprint density at radius 2 is 2.19 bits per heavy atom. The number of hydrogen-bond donors (Lipinski definition) is 2. The van der Waals surface area contributed by atoms with Crippen LogP contribution in [0, 0.1) is 6.92 Å². The second-order valence-electron chi connectivity index (χ2n) is 6.59. The second-order valence-corrected chi connectivity index (χ2v) is 6.59. The highest BCUT2D eigenvalue weighted by Crippen LogP contribution is 2.42.